The Labute approximate surface area is 226 Å². The summed E-state index contributed by atoms with van der Waals surface area (Å²) in [6.45, 7) is 5.69. The summed E-state index contributed by atoms with van der Waals surface area (Å²) < 4.78 is 13.4. The number of halogens is 1. The van der Waals surface area contributed by atoms with Gasteiger partial charge in [-0.2, -0.15) is 0 Å². The number of amides is 1. The molecule has 5 heterocycles. The highest BCUT2D eigenvalue weighted by Gasteiger charge is 2.31. The zero-order valence-electron chi connectivity index (χ0n) is 21.1. The molecule has 2 aliphatic heterocycles. The number of fused-ring (bicyclic) bond motifs is 1. The predicted molar refractivity (Wildman–Crippen MR) is 146 cm³/mol. The molecule has 10 heteroatoms. The van der Waals surface area contributed by atoms with Gasteiger partial charge in [-0.25, -0.2) is 9.97 Å². The van der Waals surface area contributed by atoms with Crippen molar-refractivity contribution in [3.63, 3.8) is 0 Å². The number of hydrogen-bond donors (Lipinski definition) is 2. The van der Waals surface area contributed by atoms with Gasteiger partial charge in [0.1, 0.15) is 17.6 Å². The molecule has 2 fully saturated rings. The topological polar surface area (TPSA) is 97.5 Å². The number of carbonyl (C=O) groups excluding carboxylic acids is 1. The van der Waals surface area contributed by atoms with E-state index in [0.29, 0.717) is 22.5 Å². The predicted octanol–water partition coefficient (Wildman–Crippen LogP) is 4.36. The van der Waals surface area contributed by atoms with Crippen LogP contribution < -0.4 is 10.6 Å². The number of pyridine rings is 1. The van der Waals surface area contributed by atoms with Crippen molar-refractivity contribution in [2.75, 3.05) is 44.7 Å². The molecule has 6 rings (SSSR count). The number of piperazine rings is 1. The molecule has 1 amide bonds. The largest absolute Gasteiger partial charge is 0.467 e. The number of anilines is 1. The molecule has 0 aliphatic carbocycles. The second kappa shape index (κ2) is 11.2. The van der Waals surface area contributed by atoms with E-state index >= 15 is 0 Å². The van der Waals surface area contributed by atoms with Crippen LogP contribution in [-0.2, 0) is 16.1 Å². The van der Waals surface area contributed by atoms with Crippen LogP contribution in [0.25, 0.3) is 22.2 Å². The van der Waals surface area contributed by atoms with E-state index in [-0.39, 0.29) is 5.91 Å². The van der Waals surface area contributed by atoms with Crippen LogP contribution in [0.3, 0.4) is 0 Å². The van der Waals surface area contributed by atoms with E-state index in [2.05, 4.69) is 36.1 Å². The molecule has 0 spiro atoms. The maximum Gasteiger partial charge on any atom is 0.250 e. The van der Waals surface area contributed by atoms with Crippen molar-refractivity contribution in [2.45, 2.75) is 25.4 Å². The molecule has 2 aliphatic rings. The molecule has 38 heavy (non-hydrogen) atoms. The van der Waals surface area contributed by atoms with Gasteiger partial charge in [0.2, 0.25) is 0 Å². The number of rotatable bonds is 7. The summed E-state index contributed by atoms with van der Waals surface area (Å²) >= 11 is 6.61. The zero-order valence-corrected chi connectivity index (χ0v) is 21.9. The van der Waals surface area contributed by atoms with Crippen molar-refractivity contribution in [3.8, 4) is 11.1 Å². The lowest BCUT2D eigenvalue weighted by atomic mass is 10.00. The van der Waals surface area contributed by atoms with E-state index < -0.39 is 6.04 Å². The maximum absolute atomic E-state index is 13.5. The van der Waals surface area contributed by atoms with E-state index in [1.807, 2.05) is 30.6 Å². The second-order valence-corrected chi connectivity index (χ2v) is 10.3. The average Bonchev–Trinajstić information content (AvgIpc) is 3.62. The van der Waals surface area contributed by atoms with Crippen molar-refractivity contribution in [1.29, 1.82) is 0 Å². The molecule has 1 atom stereocenters. The normalized spacial score (nSPS) is 18.0. The first-order valence-corrected chi connectivity index (χ1v) is 13.5. The smallest absolute Gasteiger partial charge is 0.250 e. The first-order valence-electron chi connectivity index (χ1n) is 13.1. The highest BCUT2D eigenvalue weighted by atomic mass is 35.5. The van der Waals surface area contributed by atoms with E-state index in [1.54, 1.807) is 18.5 Å². The molecule has 1 aromatic carbocycles. The molecular weight excluding hydrogens is 504 g/mol. The quantitative estimate of drug-likeness (QED) is 0.363. The van der Waals surface area contributed by atoms with Gasteiger partial charge in [-0.3, -0.25) is 9.69 Å². The fraction of sp³-hybridized carbons (Fsp3) is 0.393. The Hall–Kier alpha value is -3.24. The van der Waals surface area contributed by atoms with Gasteiger partial charge >= 0.3 is 0 Å². The Kier molecular flexibility index (Phi) is 7.42. The maximum atomic E-state index is 13.5. The third-order valence-electron chi connectivity index (χ3n) is 7.41. The second-order valence-electron chi connectivity index (χ2n) is 9.90. The van der Waals surface area contributed by atoms with Gasteiger partial charge in [0, 0.05) is 57.7 Å². The van der Waals surface area contributed by atoms with Gasteiger partial charge in [0.05, 0.1) is 28.6 Å². The average molecular weight is 535 g/mol. The van der Waals surface area contributed by atoms with Crippen molar-refractivity contribution >= 4 is 34.4 Å². The number of hydrogen-bond acceptors (Lipinski definition) is 7. The monoisotopic (exact) mass is 534 g/mol. The SMILES string of the molecule is O=C(Nc1cc(-c2ccc3ncn(CC4CCOCC4)c3c2)c(Cl)cn1)C(c1ccco1)N1CCNCC1. The summed E-state index contributed by atoms with van der Waals surface area (Å²) in [4.78, 5) is 24.6. The number of nitrogens with one attached hydrogen (secondary N) is 2. The highest BCUT2D eigenvalue weighted by molar-refractivity contribution is 6.33. The van der Waals surface area contributed by atoms with Gasteiger partial charge in [0.25, 0.3) is 5.91 Å². The zero-order chi connectivity index (χ0) is 25.9. The number of imidazole rings is 1. The van der Waals surface area contributed by atoms with Gasteiger partial charge < -0.3 is 24.4 Å². The molecule has 4 aromatic rings. The Morgan fingerprint density at radius 3 is 2.79 bits per heavy atom. The number of aromatic nitrogens is 3. The number of nitrogens with zero attached hydrogens (tertiary/aromatic N) is 4. The van der Waals surface area contributed by atoms with Gasteiger partial charge in [-0.15, -0.1) is 0 Å². The van der Waals surface area contributed by atoms with Crippen LogP contribution in [0.4, 0.5) is 5.82 Å². The molecule has 9 nitrogen and oxygen atoms in total. The van der Waals surface area contributed by atoms with Gasteiger partial charge in [-0.1, -0.05) is 17.7 Å². The van der Waals surface area contributed by atoms with E-state index in [9.17, 15) is 4.79 Å². The fourth-order valence-corrected chi connectivity index (χ4v) is 5.57. The Bertz CT molecular complexity index is 1390. The van der Waals surface area contributed by atoms with Crippen LogP contribution in [0.15, 0.2) is 59.6 Å². The highest BCUT2D eigenvalue weighted by Crippen LogP contribution is 2.32. The summed E-state index contributed by atoms with van der Waals surface area (Å²) in [5, 5.41) is 6.85. The van der Waals surface area contributed by atoms with Crippen molar-refractivity contribution in [1.82, 2.24) is 24.8 Å². The lowest BCUT2D eigenvalue weighted by molar-refractivity contribution is -0.122. The Balaban J connectivity index is 1.26. The first kappa shape index (κ1) is 25.1. The molecule has 1 unspecified atom stereocenters. The van der Waals surface area contributed by atoms with E-state index in [4.69, 9.17) is 20.8 Å². The number of ether oxygens (including phenoxy) is 1. The number of carbonyl (C=O) groups is 1. The minimum Gasteiger partial charge on any atom is -0.467 e. The molecule has 0 saturated carbocycles. The van der Waals surface area contributed by atoms with Gasteiger partial charge in [0.15, 0.2) is 0 Å². The number of benzene rings is 1. The molecule has 0 bridgehead atoms. The van der Waals surface area contributed by atoms with Crippen LogP contribution in [0.1, 0.15) is 24.6 Å². The fourth-order valence-electron chi connectivity index (χ4n) is 5.36. The third-order valence-corrected chi connectivity index (χ3v) is 7.71. The summed E-state index contributed by atoms with van der Waals surface area (Å²) in [5.74, 6) is 1.44. The molecule has 198 valence electrons. The summed E-state index contributed by atoms with van der Waals surface area (Å²) in [6, 6.07) is 11.1. The van der Waals surface area contributed by atoms with E-state index in [0.717, 1.165) is 80.9 Å². The molecule has 2 N–H and O–H groups in total. The molecule has 0 radical (unpaired) electrons. The minimum atomic E-state index is -0.538. The molecular formula is C28H31ClN6O3. The van der Waals surface area contributed by atoms with Gasteiger partial charge in [-0.05, 0) is 54.7 Å². The molecule has 2 saturated heterocycles. The van der Waals surface area contributed by atoms with Crippen molar-refractivity contribution in [2.24, 2.45) is 5.92 Å². The lowest BCUT2D eigenvalue weighted by Crippen LogP contribution is -2.48. The third kappa shape index (κ3) is 5.33. The Morgan fingerprint density at radius 2 is 2.00 bits per heavy atom. The molecule has 3 aromatic heterocycles. The van der Waals surface area contributed by atoms with Crippen LogP contribution in [0.5, 0.6) is 0 Å². The van der Waals surface area contributed by atoms with Crippen LogP contribution in [-0.4, -0.2) is 64.7 Å². The van der Waals surface area contributed by atoms with Crippen LogP contribution in [0.2, 0.25) is 5.02 Å². The summed E-state index contributed by atoms with van der Waals surface area (Å²) in [5.41, 5.74) is 3.74. The minimum absolute atomic E-state index is 0.187. The Morgan fingerprint density at radius 1 is 1.16 bits per heavy atom. The summed E-state index contributed by atoms with van der Waals surface area (Å²) in [6.07, 6.45) is 7.22. The van der Waals surface area contributed by atoms with Crippen LogP contribution >= 0.6 is 11.6 Å². The lowest BCUT2D eigenvalue weighted by Gasteiger charge is -2.32. The number of furan rings is 1. The first-order chi connectivity index (χ1) is 18.7. The summed E-state index contributed by atoms with van der Waals surface area (Å²) in [7, 11) is 0. The van der Waals surface area contributed by atoms with E-state index in [1.165, 1.54) is 0 Å². The van der Waals surface area contributed by atoms with Crippen molar-refractivity contribution in [3.05, 3.63) is 66.0 Å². The standard InChI is InChI=1S/C28H31ClN6O3/c29-22-16-31-26(33-28(36)27(25-2-1-11-38-25)34-9-7-30-8-10-34)15-21(22)20-3-4-23-24(14-20)35(18-32-23)17-19-5-12-37-13-6-19/h1-4,11,14-16,18-19,27,30H,5-10,12-13,17H2,(H,31,33,36). The van der Waals surface area contributed by atoms with Crippen molar-refractivity contribution < 1.29 is 13.9 Å². The van der Waals surface area contributed by atoms with Crippen LogP contribution in [0, 0.1) is 5.92 Å².